The fourth-order valence-electron chi connectivity index (χ4n) is 3.26. The summed E-state index contributed by atoms with van der Waals surface area (Å²) >= 11 is 0. The van der Waals surface area contributed by atoms with Gasteiger partial charge in [0.1, 0.15) is 27.6 Å². The van der Waals surface area contributed by atoms with Crippen LogP contribution in [0.15, 0.2) is 29.2 Å². The van der Waals surface area contributed by atoms with Crippen LogP contribution in [0.1, 0.15) is 50.5 Å². The van der Waals surface area contributed by atoms with Crippen molar-refractivity contribution in [2.45, 2.75) is 62.0 Å². The summed E-state index contributed by atoms with van der Waals surface area (Å²) in [6.07, 6.45) is 2.01. The van der Waals surface area contributed by atoms with Crippen LogP contribution >= 0.6 is 0 Å². The molecule has 1 heterocycles. The predicted molar refractivity (Wildman–Crippen MR) is 103 cm³/mol. The Balaban J connectivity index is 2.25. The molecule has 1 saturated heterocycles. The number of hydrogen-bond donors (Lipinski definition) is 1. The molecule has 1 aromatic carbocycles. The van der Waals surface area contributed by atoms with Crippen molar-refractivity contribution in [2.75, 3.05) is 19.8 Å². The van der Waals surface area contributed by atoms with Crippen LogP contribution in [0.4, 0.5) is 0 Å². The highest BCUT2D eigenvalue weighted by molar-refractivity contribution is 7.85. The maximum absolute atomic E-state index is 13.0. The summed E-state index contributed by atoms with van der Waals surface area (Å²) in [4.78, 5) is 25.4. The first kappa shape index (κ1) is 23.6. The number of rotatable bonds is 3. The molecule has 0 saturated carbocycles. The molecule has 3 unspecified atom stereocenters. The molecule has 0 aliphatic carbocycles. The third-order valence-corrected chi connectivity index (χ3v) is 5.92. The van der Waals surface area contributed by atoms with Crippen molar-refractivity contribution >= 4 is 21.7 Å². The van der Waals surface area contributed by atoms with Crippen molar-refractivity contribution in [2.24, 2.45) is 0 Å². The topological polar surface area (TPSA) is 137 Å². The number of benzene rings is 1. The van der Waals surface area contributed by atoms with Crippen molar-refractivity contribution in [1.82, 2.24) is 0 Å². The Morgan fingerprint density at radius 2 is 1.72 bits per heavy atom. The maximum Gasteiger partial charge on any atom is 0.150 e. The van der Waals surface area contributed by atoms with Crippen LogP contribution in [0, 0.1) is 0 Å². The Labute approximate surface area is 171 Å². The van der Waals surface area contributed by atoms with Gasteiger partial charge in [0, 0.05) is 25.7 Å². The lowest BCUT2D eigenvalue weighted by molar-refractivity contribution is -0.424. The van der Waals surface area contributed by atoms with E-state index in [1.54, 1.807) is 0 Å². The monoisotopic (exact) mass is 427 g/mol. The van der Waals surface area contributed by atoms with E-state index in [9.17, 15) is 22.6 Å². The van der Waals surface area contributed by atoms with Gasteiger partial charge in [-0.3, -0.25) is 9.59 Å². The highest BCUT2D eigenvalue weighted by atomic mass is 32.2. The lowest BCUT2D eigenvalue weighted by Gasteiger charge is -2.21. The van der Waals surface area contributed by atoms with E-state index in [1.165, 1.54) is 12.1 Å². The minimum absolute atomic E-state index is 0.0669. The molecular formula is C20H29NO7S. The normalized spacial score (nSPS) is 26.1. The standard InChI is InChI=1S/C20H29NO7S/c1-2-16-13-19(23)20(14-3-5-17(6-4-14)29(24,25)26)18(22)9-11-27-10-7-15(21)8-12-28-16/h3-6,15-16,20H,2,7-13,21H2,1H3,(H,24,25,26). The first-order valence-electron chi connectivity index (χ1n) is 9.86. The Bertz CT molecular complexity index is 792. The van der Waals surface area contributed by atoms with Crippen molar-refractivity contribution < 1.29 is 37.8 Å². The van der Waals surface area contributed by atoms with Gasteiger partial charge in [-0.15, -0.1) is 0 Å². The average Bonchev–Trinajstić information content (AvgIpc) is 2.66. The second-order valence-corrected chi connectivity index (χ2v) is 8.68. The number of quaternary nitrogens is 1. The molecule has 3 N–H and O–H groups in total. The molecule has 0 amide bonds. The summed E-state index contributed by atoms with van der Waals surface area (Å²) in [5.41, 5.74) is 4.43. The molecule has 0 aromatic heterocycles. The Hall–Kier alpha value is -1.65. The molecule has 1 aliphatic heterocycles. The predicted octanol–water partition coefficient (Wildman–Crippen LogP) is 0.809. The van der Waals surface area contributed by atoms with Gasteiger partial charge in [0.2, 0.25) is 0 Å². The van der Waals surface area contributed by atoms with Gasteiger partial charge in [0.05, 0.1) is 36.9 Å². The van der Waals surface area contributed by atoms with Crippen LogP contribution < -0.4 is 5.73 Å². The Kier molecular flexibility index (Phi) is 8.91. The van der Waals surface area contributed by atoms with Crippen LogP contribution in [-0.2, 0) is 29.2 Å². The zero-order valence-corrected chi connectivity index (χ0v) is 17.5. The third-order valence-electron chi connectivity index (χ3n) is 5.07. The number of carbonyl (C=O) groups is 2. The van der Waals surface area contributed by atoms with Crippen LogP contribution in [0.25, 0.3) is 0 Å². The second kappa shape index (κ2) is 10.9. The Morgan fingerprint density at radius 3 is 2.34 bits per heavy atom. The molecule has 29 heavy (non-hydrogen) atoms. The fourth-order valence-corrected chi connectivity index (χ4v) is 3.73. The van der Waals surface area contributed by atoms with Crippen LogP contribution in [0.2, 0.25) is 0 Å². The minimum Gasteiger partial charge on any atom is -0.744 e. The van der Waals surface area contributed by atoms with E-state index < -0.39 is 20.9 Å². The molecule has 162 valence electrons. The van der Waals surface area contributed by atoms with E-state index in [1.807, 2.05) is 6.92 Å². The van der Waals surface area contributed by atoms with Gasteiger partial charge in [-0.2, -0.15) is 0 Å². The number of ketones is 2. The molecule has 1 fully saturated rings. The summed E-state index contributed by atoms with van der Waals surface area (Å²) in [6.45, 7) is 3.08. The summed E-state index contributed by atoms with van der Waals surface area (Å²) in [7, 11) is -4.60. The smallest absolute Gasteiger partial charge is 0.150 e. The fraction of sp³-hybridized carbons (Fsp3) is 0.600. The molecule has 0 spiro atoms. The highest BCUT2D eigenvalue weighted by Gasteiger charge is 2.30. The third kappa shape index (κ3) is 7.27. The lowest BCUT2D eigenvalue weighted by atomic mass is 9.86. The molecule has 3 atom stereocenters. The summed E-state index contributed by atoms with van der Waals surface area (Å²) < 4.78 is 44.8. The van der Waals surface area contributed by atoms with Crippen LogP contribution in [0.3, 0.4) is 0 Å². The van der Waals surface area contributed by atoms with E-state index in [2.05, 4.69) is 5.73 Å². The highest BCUT2D eigenvalue weighted by Crippen LogP contribution is 2.25. The maximum atomic E-state index is 13.0. The number of ether oxygens (including phenoxy) is 2. The molecule has 1 aliphatic rings. The summed E-state index contributed by atoms with van der Waals surface area (Å²) in [5, 5.41) is 0. The minimum atomic E-state index is -4.60. The van der Waals surface area contributed by atoms with Crippen LogP contribution in [-0.4, -0.2) is 56.5 Å². The van der Waals surface area contributed by atoms with Gasteiger partial charge in [-0.1, -0.05) is 19.1 Å². The molecule has 9 heteroatoms. The molecular weight excluding hydrogens is 398 g/mol. The SMILES string of the molecule is CCC1CC(=O)C(c2ccc(S(=O)(=O)[O-])cc2)C(=O)CCOCCC([NH3+])CCO1. The van der Waals surface area contributed by atoms with Gasteiger partial charge >= 0.3 is 0 Å². The first-order chi connectivity index (χ1) is 13.7. The van der Waals surface area contributed by atoms with Gasteiger partial charge in [0.25, 0.3) is 0 Å². The number of hydrogen-bond acceptors (Lipinski definition) is 7. The quantitative estimate of drug-likeness (QED) is 0.556. The Morgan fingerprint density at radius 1 is 1.07 bits per heavy atom. The molecule has 2 rings (SSSR count). The lowest BCUT2D eigenvalue weighted by Crippen LogP contribution is -2.61. The number of Topliss-reactive ketones (excluding diaryl/α,β-unsaturated/α-hetero) is 2. The molecule has 0 bridgehead atoms. The zero-order chi connectivity index (χ0) is 21.4. The van der Waals surface area contributed by atoms with E-state index in [0.717, 1.165) is 25.0 Å². The summed E-state index contributed by atoms with van der Waals surface area (Å²) in [6, 6.07) is 5.14. The molecule has 1 aromatic rings. The first-order valence-corrected chi connectivity index (χ1v) is 11.3. The van der Waals surface area contributed by atoms with Crippen molar-refractivity contribution in [3.05, 3.63) is 29.8 Å². The van der Waals surface area contributed by atoms with E-state index >= 15 is 0 Å². The second-order valence-electron chi connectivity index (χ2n) is 7.30. The van der Waals surface area contributed by atoms with Crippen molar-refractivity contribution in [1.29, 1.82) is 0 Å². The van der Waals surface area contributed by atoms with Gasteiger partial charge in [0.15, 0.2) is 0 Å². The van der Waals surface area contributed by atoms with E-state index in [-0.39, 0.29) is 43.2 Å². The molecule has 0 radical (unpaired) electrons. The average molecular weight is 428 g/mol. The van der Waals surface area contributed by atoms with Crippen LogP contribution in [0.5, 0.6) is 0 Å². The summed E-state index contributed by atoms with van der Waals surface area (Å²) in [5.74, 6) is -1.63. The number of carbonyl (C=O) groups excluding carboxylic acids is 2. The van der Waals surface area contributed by atoms with Crippen molar-refractivity contribution in [3.63, 3.8) is 0 Å². The zero-order valence-electron chi connectivity index (χ0n) is 16.7. The van der Waals surface area contributed by atoms with Crippen molar-refractivity contribution in [3.8, 4) is 0 Å². The van der Waals surface area contributed by atoms with Gasteiger partial charge in [-0.25, -0.2) is 8.42 Å². The molecule has 8 nitrogen and oxygen atoms in total. The van der Waals surface area contributed by atoms with Gasteiger partial charge in [-0.05, 0) is 24.1 Å². The van der Waals surface area contributed by atoms with E-state index in [0.29, 0.717) is 25.2 Å². The largest absolute Gasteiger partial charge is 0.744 e. The van der Waals surface area contributed by atoms with E-state index in [4.69, 9.17) is 9.47 Å². The van der Waals surface area contributed by atoms with Gasteiger partial charge < -0.3 is 19.8 Å².